The summed E-state index contributed by atoms with van der Waals surface area (Å²) in [5.74, 6) is -0.255. The number of fused-ring (bicyclic) bond motifs is 2. The average Bonchev–Trinajstić information content (AvgIpc) is 3.69. The molecule has 0 bridgehead atoms. The summed E-state index contributed by atoms with van der Waals surface area (Å²) in [5.41, 5.74) is 6.32. The molecule has 0 atom stereocenters. The Labute approximate surface area is 302 Å². The Morgan fingerprint density at radius 3 is 2.20 bits per heavy atom. The van der Waals surface area contributed by atoms with Crippen molar-refractivity contribution in [2.24, 2.45) is 4.99 Å². The van der Waals surface area contributed by atoms with E-state index in [2.05, 4.69) is 33.9 Å². The van der Waals surface area contributed by atoms with Crippen LogP contribution in [-0.2, 0) is 17.7 Å². The van der Waals surface area contributed by atoms with Crippen molar-refractivity contribution in [3.63, 3.8) is 0 Å². The topological polar surface area (TPSA) is 92.3 Å². The van der Waals surface area contributed by atoms with E-state index in [9.17, 15) is 14.4 Å². The number of halogens is 1. The molecule has 9 nitrogen and oxygen atoms in total. The third-order valence-electron chi connectivity index (χ3n) is 9.41. The van der Waals surface area contributed by atoms with E-state index < -0.39 is 0 Å². The normalized spacial score (nSPS) is 14.1. The Morgan fingerprint density at radius 2 is 1.48 bits per heavy atom. The summed E-state index contributed by atoms with van der Waals surface area (Å²) in [6.07, 6.45) is 3.51. The molecular weight excluding hydrogens is 738 g/mol. The predicted octanol–water partition coefficient (Wildman–Crippen LogP) is 5.67. The molecule has 0 N–H and O–H groups in total. The second-order valence-electron chi connectivity index (χ2n) is 12.7. The number of urea groups is 1. The zero-order chi connectivity index (χ0) is 34.4. The van der Waals surface area contributed by atoms with Crippen LogP contribution in [0.3, 0.4) is 0 Å². The highest BCUT2D eigenvalue weighted by atomic mass is 127. The number of amides is 3. The summed E-state index contributed by atoms with van der Waals surface area (Å²) < 4.78 is 3.42. The van der Waals surface area contributed by atoms with Crippen LogP contribution in [0.2, 0.25) is 6.82 Å². The monoisotopic (exact) mass is 770 g/mol. The number of hydrogen-bond donors (Lipinski definition) is 0. The molecule has 0 radical (unpaired) electrons. The van der Waals surface area contributed by atoms with Gasteiger partial charge in [-0.2, -0.15) is 9.61 Å². The maximum atomic E-state index is 14.9. The number of carbonyl (C=O) groups is 2. The van der Waals surface area contributed by atoms with Gasteiger partial charge in [0.15, 0.2) is 5.65 Å². The molecule has 4 aromatic carbocycles. The third kappa shape index (κ3) is 5.65. The molecule has 11 heteroatoms. The first-order chi connectivity index (χ1) is 24.4. The lowest BCUT2D eigenvalue weighted by molar-refractivity contribution is -0.122. The van der Waals surface area contributed by atoms with E-state index in [0.29, 0.717) is 34.5 Å². The minimum Gasteiger partial charge on any atom is -0.310 e. The Hall–Kier alpha value is -5.30. The van der Waals surface area contributed by atoms with Gasteiger partial charge in [-0.05, 0) is 41.2 Å². The quantitative estimate of drug-likeness (QED) is 0.114. The third-order valence-corrected chi connectivity index (χ3v) is 10.4. The highest BCUT2D eigenvalue weighted by molar-refractivity contribution is 14.1. The van der Waals surface area contributed by atoms with Crippen molar-refractivity contribution in [3.8, 4) is 33.5 Å². The van der Waals surface area contributed by atoms with Crippen LogP contribution in [0, 0.1) is 0 Å². The van der Waals surface area contributed by atoms with Crippen LogP contribution in [0.1, 0.15) is 17.7 Å². The van der Waals surface area contributed by atoms with E-state index in [0.717, 1.165) is 45.8 Å². The van der Waals surface area contributed by atoms with Crippen molar-refractivity contribution in [1.82, 2.24) is 22.1 Å². The number of hydrogen-bond acceptors (Lipinski definition) is 5. The molecule has 1 saturated heterocycles. The molecule has 0 spiro atoms. The summed E-state index contributed by atoms with van der Waals surface area (Å²) >= 11 is 2.22. The van der Waals surface area contributed by atoms with Crippen LogP contribution in [0.4, 0.5) is 4.79 Å². The summed E-state index contributed by atoms with van der Waals surface area (Å²) in [6, 6.07) is 35.1. The number of nitrogens with zero attached hydrogens (tertiary/aromatic N) is 6. The smallest absolute Gasteiger partial charge is 0.310 e. The lowest BCUT2D eigenvalue weighted by Crippen LogP contribution is -2.44. The van der Waals surface area contributed by atoms with Gasteiger partial charge in [0.2, 0.25) is 5.91 Å². The van der Waals surface area contributed by atoms with Crippen LogP contribution >= 0.6 is 22.9 Å². The zero-order valence-corrected chi connectivity index (χ0v) is 29.5. The van der Waals surface area contributed by atoms with Gasteiger partial charge < -0.3 is 9.71 Å². The first-order valence-electron chi connectivity index (χ1n) is 16.7. The first kappa shape index (κ1) is 31.9. The lowest BCUT2D eigenvalue weighted by atomic mass is 9.58. The molecule has 1 fully saturated rings. The van der Waals surface area contributed by atoms with Gasteiger partial charge in [-0.15, -0.1) is 0 Å². The fourth-order valence-electron chi connectivity index (χ4n) is 7.06. The highest BCUT2D eigenvalue weighted by Crippen LogP contribution is 2.37. The lowest BCUT2D eigenvalue weighted by Gasteiger charge is -2.23. The summed E-state index contributed by atoms with van der Waals surface area (Å²) in [5, 5.41) is 6.83. The fourth-order valence-corrected chi connectivity index (χ4v) is 7.90. The van der Waals surface area contributed by atoms with Crippen molar-refractivity contribution in [2.75, 3.05) is 13.1 Å². The van der Waals surface area contributed by atoms with Crippen molar-refractivity contribution in [2.45, 2.75) is 26.1 Å². The number of imide groups is 1. The van der Waals surface area contributed by atoms with Gasteiger partial charge in [-0.25, -0.2) is 4.79 Å². The molecule has 0 unspecified atom stereocenters. The number of rotatable bonds is 8. The molecule has 4 heterocycles. The van der Waals surface area contributed by atoms with Gasteiger partial charge in [0, 0.05) is 12.1 Å². The average molecular weight is 770 g/mol. The van der Waals surface area contributed by atoms with Gasteiger partial charge in [0.1, 0.15) is 12.2 Å². The van der Waals surface area contributed by atoms with E-state index in [4.69, 9.17) is 5.10 Å². The minimum atomic E-state index is -0.368. The van der Waals surface area contributed by atoms with Crippen molar-refractivity contribution in [3.05, 3.63) is 141 Å². The Morgan fingerprint density at radius 1 is 0.800 bits per heavy atom. The second-order valence-corrected chi connectivity index (χ2v) is 13.7. The molecule has 246 valence electrons. The van der Waals surface area contributed by atoms with Crippen molar-refractivity contribution in [1.29, 1.82) is 0 Å². The molecule has 2 aliphatic heterocycles. The number of carbonyl (C=O) groups excluding carboxylic acids is 2. The number of benzene rings is 4. The van der Waals surface area contributed by atoms with Crippen LogP contribution in [0.5, 0.6) is 0 Å². The first-order valence-corrected chi connectivity index (χ1v) is 17.6. The maximum Gasteiger partial charge on any atom is 0.315 e. The maximum absolute atomic E-state index is 14.9. The summed E-state index contributed by atoms with van der Waals surface area (Å²) in [4.78, 5) is 49.9. The zero-order valence-electron chi connectivity index (χ0n) is 27.4. The van der Waals surface area contributed by atoms with E-state index in [1.807, 2.05) is 119 Å². The molecule has 6 aromatic rings. The van der Waals surface area contributed by atoms with E-state index in [1.54, 1.807) is 4.90 Å². The van der Waals surface area contributed by atoms with Crippen LogP contribution in [0.25, 0.3) is 45.2 Å². The van der Waals surface area contributed by atoms with Crippen LogP contribution < -0.4 is 16.1 Å². The fraction of sp³-hybridized carbons (Fsp3) is 0.154. The molecule has 3 amide bonds. The van der Waals surface area contributed by atoms with Gasteiger partial charge >= 0.3 is 6.03 Å². The summed E-state index contributed by atoms with van der Waals surface area (Å²) in [7, 11) is 0. The predicted molar refractivity (Wildman–Crippen MR) is 204 cm³/mol. The molecule has 2 aliphatic rings. The molecule has 0 saturated carbocycles. The van der Waals surface area contributed by atoms with Crippen LogP contribution in [-0.4, -0.2) is 54.0 Å². The second kappa shape index (κ2) is 13.2. The Bertz CT molecular complexity index is 2470. The molecule has 0 aliphatic carbocycles. The highest BCUT2D eigenvalue weighted by Gasteiger charge is 2.41. The molecule has 2 aromatic heterocycles. The van der Waals surface area contributed by atoms with Gasteiger partial charge in [-0.3, -0.25) is 17.4 Å². The van der Waals surface area contributed by atoms with Gasteiger partial charge in [0.05, 0.1) is 51.6 Å². The van der Waals surface area contributed by atoms with E-state index in [1.165, 1.54) is 9.33 Å². The van der Waals surface area contributed by atoms with E-state index >= 15 is 0 Å². The minimum absolute atomic E-state index is 0.0500. The summed E-state index contributed by atoms with van der Waals surface area (Å²) in [6.45, 7) is 2.26. The van der Waals surface area contributed by atoms with E-state index in [-0.39, 0.29) is 37.4 Å². The largest absolute Gasteiger partial charge is 0.315 e. The van der Waals surface area contributed by atoms with Crippen LogP contribution in [0.15, 0.2) is 119 Å². The molecular formula is C39H32BIN6O3. The molecule has 50 heavy (non-hydrogen) atoms. The van der Waals surface area contributed by atoms with Gasteiger partial charge in [0.25, 0.3) is 12.4 Å². The standard InChI is InChI=1S/C39H32BIN6O3/c1-40(23-26-12-5-2-6-13-26)45-33(48)25-44(39(45)50)24-32-34(30-19-20-31-29(22-30)18-11-21-42-31)38(49)47-37(46(32)41)35(27-14-7-3-8-15-27)36(43-47)28-16-9-4-10-17-28/h2-10,12-20,22H,11,21,23-25H2,1H3. The number of aromatic nitrogens is 3. The van der Waals surface area contributed by atoms with Crippen molar-refractivity contribution < 1.29 is 9.59 Å². The van der Waals surface area contributed by atoms with Crippen molar-refractivity contribution >= 4 is 53.4 Å². The SMILES string of the molecule is CB(Cc1ccccc1)N1C(=O)CN(Cc2c(-c3ccc4c(c3)=CCCN=4)c(=O)n3nc(-c4ccccc4)c(-c4ccccc4)c3n2I)C1=O. The Kier molecular flexibility index (Phi) is 8.43. The Balaban J connectivity index is 1.32. The molecule has 8 rings (SSSR count). The van der Waals surface area contributed by atoms with Gasteiger partial charge in [-0.1, -0.05) is 116 Å².